The summed E-state index contributed by atoms with van der Waals surface area (Å²) in [5.41, 5.74) is 1.55. The van der Waals surface area contributed by atoms with Crippen molar-refractivity contribution in [1.82, 2.24) is 0 Å². The maximum Gasteiger partial charge on any atom is 0.343 e. The van der Waals surface area contributed by atoms with Gasteiger partial charge in [0.25, 0.3) is 5.91 Å². The Labute approximate surface area is 220 Å². The third-order valence-corrected chi connectivity index (χ3v) is 6.45. The number of benzene rings is 5. The summed E-state index contributed by atoms with van der Waals surface area (Å²) in [7, 11) is 0. The van der Waals surface area contributed by atoms with Crippen LogP contribution in [0.25, 0.3) is 21.5 Å². The molecule has 0 fully saturated rings. The number of anilines is 1. The third-order valence-electron chi connectivity index (χ3n) is 6.45. The van der Waals surface area contributed by atoms with Crippen molar-refractivity contribution in [2.24, 2.45) is 0 Å². The fourth-order valence-electron chi connectivity index (χ4n) is 4.43. The fourth-order valence-corrected chi connectivity index (χ4v) is 4.43. The first-order valence-corrected chi connectivity index (χ1v) is 12.5. The van der Waals surface area contributed by atoms with Gasteiger partial charge < -0.3 is 19.8 Å². The van der Waals surface area contributed by atoms with Gasteiger partial charge in [-0.05, 0) is 88.6 Å². The summed E-state index contributed by atoms with van der Waals surface area (Å²) in [4.78, 5) is 28.2. The molecule has 2 N–H and O–H groups in total. The summed E-state index contributed by atoms with van der Waals surface area (Å²) in [5, 5.41) is 22.7. The lowest BCUT2D eigenvalue weighted by molar-refractivity contribution is 0.0735. The van der Waals surface area contributed by atoms with Crippen LogP contribution in [0.3, 0.4) is 0 Å². The molecule has 6 nitrogen and oxygen atoms in total. The summed E-state index contributed by atoms with van der Waals surface area (Å²) in [6.07, 6.45) is 1.72. The van der Waals surface area contributed by atoms with Crippen molar-refractivity contribution in [1.29, 1.82) is 0 Å². The molecule has 1 amide bonds. The van der Waals surface area contributed by atoms with Crippen LogP contribution in [0.15, 0.2) is 97.1 Å². The molecule has 0 unspecified atom stereocenters. The van der Waals surface area contributed by atoms with E-state index < -0.39 is 5.97 Å². The highest BCUT2D eigenvalue weighted by Gasteiger charge is 2.19. The van der Waals surface area contributed by atoms with Crippen LogP contribution >= 0.6 is 0 Å². The van der Waals surface area contributed by atoms with Crippen LogP contribution in [-0.4, -0.2) is 28.6 Å². The van der Waals surface area contributed by atoms with Crippen LogP contribution in [-0.2, 0) is 0 Å². The van der Waals surface area contributed by atoms with E-state index >= 15 is 0 Å². The minimum absolute atomic E-state index is 0.158. The summed E-state index contributed by atoms with van der Waals surface area (Å²) in [6.45, 7) is 2.58. The average molecular weight is 506 g/mol. The lowest BCUT2D eigenvalue weighted by atomic mass is 10.1. The van der Waals surface area contributed by atoms with Gasteiger partial charge in [0.1, 0.15) is 17.2 Å². The first kappa shape index (κ1) is 24.8. The highest BCUT2D eigenvalue weighted by Crippen LogP contribution is 2.27. The van der Waals surface area contributed by atoms with Gasteiger partial charge in [-0.2, -0.15) is 0 Å². The first-order chi connectivity index (χ1) is 18.4. The zero-order chi connectivity index (χ0) is 26.6. The fraction of sp³-hybridized carbons (Fsp3) is 0.125. The van der Waals surface area contributed by atoms with Crippen LogP contribution in [0.5, 0.6) is 17.2 Å². The van der Waals surface area contributed by atoms with Gasteiger partial charge in [-0.3, -0.25) is 4.79 Å². The SMILES string of the molecule is CCCCN(C(=O)c1ccc2cc(O)ccc2c1)c1cccc(OC(=O)c2ccc3cc(O)ccc3c2)c1. The Bertz CT molecular complexity index is 1660. The van der Waals surface area contributed by atoms with Gasteiger partial charge in [0.05, 0.1) is 5.56 Å². The summed E-state index contributed by atoms with van der Waals surface area (Å²) < 4.78 is 5.67. The molecule has 190 valence electrons. The molecule has 6 heteroatoms. The van der Waals surface area contributed by atoms with Crippen molar-refractivity contribution in [3.8, 4) is 17.2 Å². The quantitative estimate of drug-likeness (QED) is 0.182. The topological polar surface area (TPSA) is 87.1 Å². The molecule has 0 atom stereocenters. The van der Waals surface area contributed by atoms with Gasteiger partial charge >= 0.3 is 5.97 Å². The van der Waals surface area contributed by atoms with Gasteiger partial charge in [-0.15, -0.1) is 0 Å². The number of esters is 1. The molecule has 0 spiro atoms. The molecule has 0 radical (unpaired) electrons. The number of nitrogens with zero attached hydrogens (tertiary/aromatic N) is 1. The maximum absolute atomic E-state index is 13.6. The van der Waals surface area contributed by atoms with Gasteiger partial charge in [-0.25, -0.2) is 4.79 Å². The highest BCUT2D eigenvalue weighted by atomic mass is 16.5. The van der Waals surface area contributed by atoms with E-state index in [1.54, 1.807) is 83.8 Å². The average Bonchev–Trinajstić information content (AvgIpc) is 2.92. The van der Waals surface area contributed by atoms with Crippen molar-refractivity contribution in [2.45, 2.75) is 19.8 Å². The van der Waals surface area contributed by atoms with Crippen LogP contribution in [0.4, 0.5) is 5.69 Å². The number of hydrogen-bond donors (Lipinski definition) is 2. The van der Waals surface area contributed by atoms with Crippen molar-refractivity contribution in [2.75, 3.05) is 11.4 Å². The van der Waals surface area contributed by atoms with E-state index in [1.165, 1.54) is 0 Å². The Hall–Kier alpha value is -4.84. The Kier molecular flexibility index (Phi) is 6.96. The predicted octanol–water partition coefficient (Wildman–Crippen LogP) is 7.07. The zero-order valence-corrected chi connectivity index (χ0v) is 20.9. The van der Waals surface area contributed by atoms with E-state index in [-0.39, 0.29) is 17.4 Å². The smallest absolute Gasteiger partial charge is 0.343 e. The van der Waals surface area contributed by atoms with E-state index in [4.69, 9.17) is 4.74 Å². The lowest BCUT2D eigenvalue weighted by Crippen LogP contribution is -2.32. The summed E-state index contributed by atoms with van der Waals surface area (Å²) in [5.74, 6) is 0.00270. The molecule has 0 heterocycles. The normalized spacial score (nSPS) is 11.0. The number of amides is 1. The molecule has 5 aromatic carbocycles. The van der Waals surface area contributed by atoms with Crippen LogP contribution in [0.2, 0.25) is 0 Å². The Balaban J connectivity index is 1.40. The number of phenols is 2. The second-order valence-electron chi connectivity index (χ2n) is 9.19. The number of ether oxygens (including phenoxy) is 1. The van der Waals surface area contributed by atoms with E-state index in [0.717, 1.165) is 34.4 Å². The number of aromatic hydroxyl groups is 2. The lowest BCUT2D eigenvalue weighted by Gasteiger charge is -2.23. The Morgan fingerprint density at radius 3 is 1.95 bits per heavy atom. The Morgan fingerprint density at radius 1 is 0.711 bits per heavy atom. The van der Waals surface area contributed by atoms with Crippen LogP contribution < -0.4 is 9.64 Å². The summed E-state index contributed by atoms with van der Waals surface area (Å²) in [6, 6.07) is 27.5. The maximum atomic E-state index is 13.6. The monoisotopic (exact) mass is 505 g/mol. The van der Waals surface area contributed by atoms with Crippen molar-refractivity contribution in [3.05, 3.63) is 108 Å². The number of carbonyl (C=O) groups is 2. The minimum Gasteiger partial charge on any atom is -0.508 e. The Morgan fingerprint density at radius 2 is 1.29 bits per heavy atom. The molecule has 5 rings (SSSR count). The number of rotatable bonds is 7. The number of fused-ring (bicyclic) bond motifs is 2. The highest BCUT2D eigenvalue weighted by molar-refractivity contribution is 6.08. The zero-order valence-electron chi connectivity index (χ0n) is 20.9. The molecule has 5 aromatic rings. The molecular weight excluding hydrogens is 478 g/mol. The molecular formula is C32H27NO5. The van der Waals surface area contributed by atoms with Gasteiger partial charge in [-0.1, -0.05) is 43.7 Å². The number of hydrogen-bond acceptors (Lipinski definition) is 5. The molecule has 38 heavy (non-hydrogen) atoms. The molecule has 0 saturated carbocycles. The van der Waals surface area contributed by atoms with E-state index in [0.29, 0.717) is 29.1 Å². The standard InChI is InChI=1S/C32H27NO5/c1-2-3-15-33(31(36)25-9-7-23-18-28(34)13-11-21(23)16-25)27-5-4-6-30(20-27)38-32(37)26-10-8-24-19-29(35)14-12-22(24)17-26/h4-14,16-20,34-35H,2-3,15H2,1H3. The minimum atomic E-state index is -0.513. The second-order valence-corrected chi connectivity index (χ2v) is 9.19. The van der Waals surface area contributed by atoms with E-state index in [9.17, 15) is 19.8 Å². The molecule has 0 saturated heterocycles. The number of carbonyl (C=O) groups excluding carboxylic acids is 2. The van der Waals surface area contributed by atoms with Gasteiger partial charge in [0.15, 0.2) is 0 Å². The van der Waals surface area contributed by atoms with Crippen LogP contribution in [0, 0.1) is 0 Å². The molecule has 0 aromatic heterocycles. The van der Waals surface area contributed by atoms with Crippen molar-refractivity contribution in [3.63, 3.8) is 0 Å². The van der Waals surface area contributed by atoms with E-state index in [1.807, 2.05) is 18.2 Å². The van der Waals surface area contributed by atoms with E-state index in [2.05, 4.69) is 6.92 Å². The molecule has 0 bridgehead atoms. The second kappa shape index (κ2) is 10.6. The largest absolute Gasteiger partial charge is 0.508 e. The van der Waals surface area contributed by atoms with Crippen LogP contribution in [0.1, 0.15) is 40.5 Å². The third kappa shape index (κ3) is 5.30. The van der Waals surface area contributed by atoms with Gasteiger partial charge in [0, 0.05) is 23.9 Å². The van der Waals surface area contributed by atoms with Crippen molar-refractivity contribution >= 4 is 39.1 Å². The number of unbranched alkanes of at least 4 members (excludes halogenated alkanes) is 1. The van der Waals surface area contributed by atoms with Crippen molar-refractivity contribution < 1.29 is 24.5 Å². The van der Waals surface area contributed by atoms with Gasteiger partial charge in [0.2, 0.25) is 0 Å². The predicted molar refractivity (Wildman–Crippen MR) is 149 cm³/mol. The number of phenolic OH excluding ortho intramolecular Hbond substituents is 2. The molecule has 0 aliphatic rings. The summed E-state index contributed by atoms with van der Waals surface area (Å²) >= 11 is 0. The molecule has 0 aliphatic carbocycles. The first-order valence-electron chi connectivity index (χ1n) is 12.5. The molecule has 0 aliphatic heterocycles.